The van der Waals surface area contributed by atoms with Gasteiger partial charge < -0.3 is 4.74 Å². The predicted octanol–water partition coefficient (Wildman–Crippen LogP) is 0.957. The van der Waals surface area contributed by atoms with E-state index < -0.39 is 0 Å². The molecular formula is C9H9NO3. The molecule has 1 aromatic rings. The van der Waals surface area contributed by atoms with E-state index >= 15 is 0 Å². The summed E-state index contributed by atoms with van der Waals surface area (Å²) in [4.78, 5) is 24.5. The first-order valence-corrected chi connectivity index (χ1v) is 3.76. The number of aromatic nitrogens is 1. The summed E-state index contributed by atoms with van der Waals surface area (Å²) in [6.07, 6.45) is 2.17. The molecule has 0 aliphatic carbocycles. The van der Waals surface area contributed by atoms with E-state index in [1.807, 2.05) is 0 Å². The number of carbonyl (C=O) groups is 2. The topological polar surface area (TPSA) is 56.3 Å². The maximum Gasteiger partial charge on any atom is 0.302 e. The molecule has 0 aliphatic rings. The van der Waals surface area contributed by atoms with Gasteiger partial charge in [-0.15, -0.1) is 0 Å². The van der Waals surface area contributed by atoms with E-state index in [9.17, 15) is 9.59 Å². The van der Waals surface area contributed by atoms with Crippen LogP contribution in [0.4, 0.5) is 0 Å². The van der Waals surface area contributed by atoms with Crippen LogP contribution in [0.15, 0.2) is 18.3 Å². The zero-order chi connectivity index (χ0) is 9.68. The molecule has 4 nitrogen and oxygen atoms in total. The first kappa shape index (κ1) is 9.38. The van der Waals surface area contributed by atoms with Crippen molar-refractivity contribution < 1.29 is 14.3 Å². The molecule has 0 radical (unpaired) electrons. The summed E-state index contributed by atoms with van der Waals surface area (Å²) in [6, 6.07) is 3.27. The molecule has 0 unspecified atom stereocenters. The minimum atomic E-state index is -0.334. The molecule has 0 aliphatic heterocycles. The lowest BCUT2D eigenvalue weighted by molar-refractivity contribution is -0.142. The number of esters is 1. The first-order valence-electron chi connectivity index (χ1n) is 3.76. The Bertz CT molecular complexity index is 305. The number of rotatable bonds is 3. The van der Waals surface area contributed by atoms with Gasteiger partial charge in [-0.1, -0.05) is 6.07 Å². The number of hydrogen-bond donors (Lipinski definition) is 0. The van der Waals surface area contributed by atoms with Crippen LogP contribution in [0.2, 0.25) is 0 Å². The lowest BCUT2D eigenvalue weighted by atomic mass is 10.3. The van der Waals surface area contributed by atoms with Crippen LogP contribution in [-0.4, -0.2) is 17.2 Å². The molecule has 0 atom stereocenters. The van der Waals surface area contributed by atoms with Gasteiger partial charge in [-0.05, 0) is 6.07 Å². The van der Waals surface area contributed by atoms with Crippen molar-refractivity contribution >= 4 is 12.3 Å². The molecule has 1 rings (SSSR count). The maximum absolute atomic E-state index is 10.4. The van der Waals surface area contributed by atoms with Crippen LogP contribution < -0.4 is 0 Å². The number of nitrogens with zero attached hydrogens (tertiary/aromatic N) is 1. The van der Waals surface area contributed by atoms with Crippen molar-refractivity contribution in [2.75, 3.05) is 0 Å². The van der Waals surface area contributed by atoms with Gasteiger partial charge in [0.05, 0.1) is 0 Å². The zero-order valence-electron chi connectivity index (χ0n) is 7.19. The summed E-state index contributed by atoms with van der Waals surface area (Å²) in [5, 5.41) is 0. The second-order valence-electron chi connectivity index (χ2n) is 2.49. The van der Waals surface area contributed by atoms with E-state index in [0.29, 0.717) is 12.0 Å². The highest BCUT2D eigenvalue weighted by Gasteiger charge is 1.97. The average molecular weight is 179 g/mol. The van der Waals surface area contributed by atoms with Crippen molar-refractivity contribution in [1.82, 2.24) is 4.98 Å². The summed E-state index contributed by atoms with van der Waals surface area (Å²) in [5.41, 5.74) is 1.13. The van der Waals surface area contributed by atoms with E-state index in [1.54, 1.807) is 12.1 Å². The second kappa shape index (κ2) is 4.35. The largest absolute Gasteiger partial charge is 0.461 e. The SMILES string of the molecule is CC(=O)OCc1ccc(C=O)nc1. The van der Waals surface area contributed by atoms with Crippen molar-refractivity contribution in [3.63, 3.8) is 0 Å². The van der Waals surface area contributed by atoms with Crippen LogP contribution in [0.5, 0.6) is 0 Å². The molecule has 0 bridgehead atoms. The van der Waals surface area contributed by atoms with Gasteiger partial charge in [-0.2, -0.15) is 0 Å². The summed E-state index contributed by atoms with van der Waals surface area (Å²) in [5.74, 6) is -0.334. The summed E-state index contributed by atoms with van der Waals surface area (Å²) >= 11 is 0. The highest BCUT2D eigenvalue weighted by Crippen LogP contribution is 2.00. The lowest BCUT2D eigenvalue weighted by Gasteiger charge is -2.00. The molecule has 0 fully saturated rings. The zero-order valence-corrected chi connectivity index (χ0v) is 7.19. The molecule has 1 aromatic heterocycles. The van der Waals surface area contributed by atoms with Crippen molar-refractivity contribution in [3.05, 3.63) is 29.6 Å². The molecular weight excluding hydrogens is 170 g/mol. The van der Waals surface area contributed by atoms with Gasteiger partial charge in [-0.25, -0.2) is 0 Å². The Morgan fingerprint density at radius 2 is 2.38 bits per heavy atom. The summed E-state index contributed by atoms with van der Waals surface area (Å²) in [6.45, 7) is 1.54. The smallest absolute Gasteiger partial charge is 0.302 e. The molecule has 68 valence electrons. The molecule has 0 amide bonds. The van der Waals surface area contributed by atoms with Gasteiger partial charge in [0.25, 0.3) is 0 Å². The van der Waals surface area contributed by atoms with Crippen LogP contribution >= 0.6 is 0 Å². The van der Waals surface area contributed by atoms with E-state index in [-0.39, 0.29) is 12.6 Å². The standard InChI is InChI=1S/C9H9NO3/c1-7(12)13-6-8-2-3-9(5-11)10-4-8/h2-5H,6H2,1H3. The Morgan fingerprint density at radius 1 is 1.62 bits per heavy atom. The number of ether oxygens (including phenoxy) is 1. The van der Waals surface area contributed by atoms with Crippen molar-refractivity contribution in [3.8, 4) is 0 Å². The monoisotopic (exact) mass is 179 g/mol. The second-order valence-corrected chi connectivity index (χ2v) is 2.49. The fraction of sp³-hybridized carbons (Fsp3) is 0.222. The van der Waals surface area contributed by atoms with Crippen LogP contribution in [0.1, 0.15) is 23.0 Å². The van der Waals surface area contributed by atoms with Crippen LogP contribution in [-0.2, 0) is 16.1 Å². The average Bonchev–Trinajstić information content (AvgIpc) is 2.15. The van der Waals surface area contributed by atoms with Crippen LogP contribution in [0.25, 0.3) is 0 Å². The Hall–Kier alpha value is -1.71. The predicted molar refractivity (Wildman–Crippen MR) is 45.1 cm³/mol. The van der Waals surface area contributed by atoms with Gasteiger partial charge in [0, 0.05) is 18.7 Å². The van der Waals surface area contributed by atoms with Gasteiger partial charge in [-0.3, -0.25) is 14.6 Å². The van der Waals surface area contributed by atoms with Crippen LogP contribution in [0, 0.1) is 0 Å². The summed E-state index contributed by atoms with van der Waals surface area (Å²) in [7, 11) is 0. The van der Waals surface area contributed by atoms with E-state index in [0.717, 1.165) is 5.56 Å². The Kier molecular flexibility index (Phi) is 3.14. The Balaban J connectivity index is 2.59. The van der Waals surface area contributed by atoms with Crippen molar-refractivity contribution in [2.24, 2.45) is 0 Å². The Labute approximate surface area is 75.5 Å². The third-order valence-electron chi connectivity index (χ3n) is 1.41. The van der Waals surface area contributed by atoms with E-state index in [1.165, 1.54) is 13.1 Å². The lowest BCUT2D eigenvalue weighted by Crippen LogP contribution is -1.99. The minimum absolute atomic E-state index is 0.196. The first-order chi connectivity index (χ1) is 6.22. The van der Waals surface area contributed by atoms with Gasteiger partial charge in [0.2, 0.25) is 0 Å². The normalized spacial score (nSPS) is 9.31. The van der Waals surface area contributed by atoms with Gasteiger partial charge in [0.1, 0.15) is 12.3 Å². The maximum atomic E-state index is 10.4. The third kappa shape index (κ3) is 3.02. The van der Waals surface area contributed by atoms with Crippen molar-refractivity contribution in [1.29, 1.82) is 0 Å². The number of aldehydes is 1. The molecule has 0 aromatic carbocycles. The molecule has 0 saturated carbocycles. The molecule has 0 N–H and O–H groups in total. The minimum Gasteiger partial charge on any atom is -0.461 e. The van der Waals surface area contributed by atoms with Crippen LogP contribution in [0.3, 0.4) is 0 Å². The number of hydrogen-bond acceptors (Lipinski definition) is 4. The van der Waals surface area contributed by atoms with Gasteiger partial charge in [0.15, 0.2) is 6.29 Å². The molecule has 13 heavy (non-hydrogen) atoms. The highest BCUT2D eigenvalue weighted by molar-refractivity contribution is 5.71. The fourth-order valence-corrected chi connectivity index (χ4v) is 0.776. The number of carbonyl (C=O) groups excluding carboxylic acids is 2. The third-order valence-corrected chi connectivity index (χ3v) is 1.41. The fourth-order valence-electron chi connectivity index (χ4n) is 0.776. The van der Waals surface area contributed by atoms with E-state index in [2.05, 4.69) is 4.98 Å². The van der Waals surface area contributed by atoms with Gasteiger partial charge >= 0.3 is 5.97 Å². The molecule has 0 spiro atoms. The Morgan fingerprint density at radius 3 is 2.85 bits per heavy atom. The van der Waals surface area contributed by atoms with Crippen molar-refractivity contribution in [2.45, 2.75) is 13.5 Å². The highest BCUT2D eigenvalue weighted by atomic mass is 16.5. The molecule has 1 heterocycles. The quantitative estimate of drug-likeness (QED) is 0.512. The number of pyridine rings is 1. The molecule has 0 saturated heterocycles. The summed E-state index contributed by atoms with van der Waals surface area (Å²) < 4.78 is 4.73. The molecule has 4 heteroatoms. The van der Waals surface area contributed by atoms with E-state index in [4.69, 9.17) is 4.74 Å².